The molecule has 9 nitrogen and oxygen atoms in total. The van der Waals surface area contributed by atoms with Crippen molar-refractivity contribution in [1.29, 1.82) is 0 Å². The monoisotopic (exact) mass is 480 g/mol. The lowest BCUT2D eigenvalue weighted by Crippen LogP contribution is -2.64. The Balaban J connectivity index is 2.09. The van der Waals surface area contributed by atoms with Crippen LogP contribution in [-0.2, 0) is 30.8 Å². The maximum Gasteiger partial charge on any atom is 0.324 e. The summed E-state index contributed by atoms with van der Waals surface area (Å²) < 4.78 is 70.5. The van der Waals surface area contributed by atoms with E-state index in [-0.39, 0.29) is 44.6 Å². The summed E-state index contributed by atoms with van der Waals surface area (Å²) in [5.74, 6) is -4.81. The van der Waals surface area contributed by atoms with Gasteiger partial charge in [-0.05, 0) is 25.0 Å². The quantitative estimate of drug-likeness (QED) is 0.386. The predicted molar refractivity (Wildman–Crippen MR) is 109 cm³/mol. The molecule has 2 rings (SSSR count). The molecule has 1 aromatic carbocycles. The Bertz CT molecular complexity index is 963. The van der Waals surface area contributed by atoms with Crippen molar-refractivity contribution >= 4 is 21.9 Å². The van der Waals surface area contributed by atoms with Gasteiger partial charge in [0.05, 0.1) is 18.9 Å². The second-order valence-electron chi connectivity index (χ2n) is 7.58. The molecule has 2 unspecified atom stereocenters. The molecule has 4 N–H and O–H groups in total. The van der Waals surface area contributed by atoms with Crippen molar-refractivity contribution in [2.75, 3.05) is 32.5 Å². The maximum atomic E-state index is 13.8. The van der Waals surface area contributed by atoms with E-state index in [1.54, 1.807) is 6.92 Å². The number of carbonyl (C=O) groups is 2. The van der Waals surface area contributed by atoms with E-state index >= 15 is 0 Å². The van der Waals surface area contributed by atoms with Crippen molar-refractivity contribution in [3.05, 3.63) is 35.1 Å². The van der Waals surface area contributed by atoms with Crippen molar-refractivity contribution in [2.24, 2.45) is 11.5 Å². The van der Waals surface area contributed by atoms with E-state index in [2.05, 4.69) is 0 Å². The number of carbonyl (C=O) groups excluding carboxylic acids is 2. The average Bonchev–Trinajstić information content (AvgIpc) is 2.70. The molecule has 1 fully saturated rings. The molecule has 1 heterocycles. The van der Waals surface area contributed by atoms with Crippen LogP contribution in [0.4, 0.5) is 13.2 Å². The Morgan fingerprint density at radius 2 is 1.78 bits per heavy atom. The molecule has 1 aliphatic rings. The fraction of sp³-hybridized carbons (Fsp3) is 0.579. The van der Waals surface area contributed by atoms with Crippen LogP contribution in [0.15, 0.2) is 12.1 Å². The Labute approximate surface area is 184 Å². The Kier molecular flexibility index (Phi) is 8.62. The zero-order chi connectivity index (χ0) is 24.2. The molecule has 1 amide bonds. The Hall–Kier alpha value is -2.22. The molecule has 0 aliphatic carbocycles. The number of hydrogen-bond donors (Lipinski definition) is 2. The molecule has 180 valence electrons. The third-order valence-electron chi connectivity index (χ3n) is 5.13. The van der Waals surface area contributed by atoms with E-state index in [4.69, 9.17) is 16.2 Å². The number of piperazine rings is 1. The first kappa shape index (κ1) is 26.0. The summed E-state index contributed by atoms with van der Waals surface area (Å²) in [5, 5.41) is 0. The largest absolute Gasteiger partial charge is 0.465 e. The summed E-state index contributed by atoms with van der Waals surface area (Å²) in [4.78, 5) is 26.1. The molecule has 1 saturated heterocycles. The van der Waals surface area contributed by atoms with Crippen LogP contribution < -0.4 is 11.5 Å². The number of benzene rings is 1. The molecular weight excluding hydrogens is 453 g/mol. The number of hydrogen-bond acceptors (Lipinski definition) is 7. The van der Waals surface area contributed by atoms with Crippen molar-refractivity contribution in [2.45, 2.75) is 37.9 Å². The molecule has 1 aliphatic heterocycles. The van der Waals surface area contributed by atoms with Crippen molar-refractivity contribution in [1.82, 2.24) is 9.21 Å². The van der Waals surface area contributed by atoms with E-state index in [0.717, 1.165) is 10.6 Å². The number of esters is 1. The average molecular weight is 481 g/mol. The SMILES string of the molecule is CCOC(=O)C(N)C1CN(C(=O)C[C@H](N)Cc2cc(F)c(F)cc2F)CCN1S(C)(=O)=O. The second-order valence-corrected chi connectivity index (χ2v) is 9.52. The first-order valence-corrected chi connectivity index (χ1v) is 11.8. The molecule has 0 saturated carbocycles. The number of halogens is 3. The molecule has 13 heteroatoms. The van der Waals surface area contributed by atoms with Crippen LogP contribution in [0.2, 0.25) is 0 Å². The maximum absolute atomic E-state index is 13.8. The van der Waals surface area contributed by atoms with Crippen molar-refractivity contribution < 1.29 is 35.9 Å². The summed E-state index contributed by atoms with van der Waals surface area (Å²) in [6.07, 6.45) is 0.490. The van der Waals surface area contributed by atoms with E-state index in [9.17, 15) is 31.2 Å². The number of nitrogens with two attached hydrogens (primary N) is 2. The van der Waals surface area contributed by atoms with E-state index in [1.807, 2.05) is 0 Å². The standard InChI is InChI=1S/C19H27F3N4O5S/c1-3-31-19(28)18(24)16-10-25(4-5-26(16)32(2,29)30)17(27)8-12(23)6-11-7-14(21)15(22)9-13(11)20/h7,9,12,16,18H,3-6,8,10,23-24H2,1-2H3/t12-,16?,18?/m1/s1. The number of sulfonamides is 1. The van der Waals surface area contributed by atoms with E-state index in [0.29, 0.717) is 12.1 Å². The number of rotatable bonds is 8. The minimum absolute atomic E-state index is 0.0320. The van der Waals surface area contributed by atoms with Crippen LogP contribution in [0.1, 0.15) is 18.9 Å². The van der Waals surface area contributed by atoms with Crippen LogP contribution in [0.25, 0.3) is 0 Å². The highest BCUT2D eigenvalue weighted by Gasteiger charge is 2.41. The minimum atomic E-state index is -3.72. The summed E-state index contributed by atoms with van der Waals surface area (Å²) in [6.45, 7) is 1.40. The molecule has 0 radical (unpaired) electrons. The molecule has 0 aromatic heterocycles. The highest BCUT2D eigenvalue weighted by Crippen LogP contribution is 2.19. The van der Waals surface area contributed by atoms with Gasteiger partial charge in [-0.15, -0.1) is 0 Å². The van der Waals surface area contributed by atoms with E-state index in [1.165, 1.54) is 4.90 Å². The lowest BCUT2D eigenvalue weighted by atomic mass is 10.0. The lowest BCUT2D eigenvalue weighted by molar-refractivity contribution is -0.147. The second kappa shape index (κ2) is 10.6. The van der Waals surface area contributed by atoms with Gasteiger partial charge in [-0.25, -0.2) is 21.6 Å². The fourth-order valence-electron chi connectivity index (χ4n) is 3.55. The Morgan fingerprint density at radius 3 is 2.38 bits per heavy atom. The van der Waals surface area contributed by atoms with Gasteiger partial charge in [0, 0.05) is 38.2 Å². The van der Waals surface area contributed by atoms with Gasteiger partial charge in [-0.1, -0.05) is 0 Å². The van der Waals surface area contributed by atoms with Crippen LogP contribution in [0.3, 0.4) is 0 Å². The van der Waals surface area contributed by atoms with Crippen LogP contribution in [-0.4, -0.2) is 80.1 Å². The first-order chi connectivity index (χ1) is 14.8. The van der Waals surface area contributed by atoms with Gasteiger partial charge < -0.3 is 21.1 Å². The van der Waals surface area contributed by atoms with Crippen molar-refractivity contribution in [3.8, 4) is 0 Å². The molecule has 32 heavy (non-hydrogen) atoms. The van der Waals surface area contributed by atoms with Gasteiger partial charge in [0.25, 0.3) is 0 Å². The van der Waals surface area contributed by atoms with Gasteiger partial charge in [-0.2, -0.15) is 4.31 Å². The van der Waals surface area contributed by atoms with Crippen LogP contribution in [0, 0.1) is 17.5 Å². The van der Waals surface area contributed by atoms with E-state index < -0.39 is 57.5 Å². The molecular formula is C19H27F3N4O5S. The van der Waals surface area contributed by atoms with Crippen LogP contribution >= 0.6 is 0 Å². The molecule has 0 bridgehead atoms. The normalized spacial score (nSPS) is 19.5. The van der Waals surface area contributed by atoms with Gasteiger partial charge >= 0.3 is 5.97 Å². The third kappa shape index (κ3) is 6.40. The van der Waals surface area contributed by atoms with Crippen molar-refractivity contribution in [3.63, 3.8) is 0 Å². The molecule has 1 aromatic rings. The van der Waals surface area contributed by atoms with Gasteiger partial charge in [0.2, 0.25) is 15.9 Å². The molecule has 3 atom stereocenters. The minimum Gasteiger partial charge on any atom is -0.465 e. The van der Waals surface area contributed by atoms with Gasteiger partial charge in [-0.3, -0.25) is 9.59 Å². The zero-order valence-corrected chi connectivity index (χ0v) is 18.6. The van der Waals surface area contributed by atoms with Gasteiger partial charge in [0.1, 0.15) is 11.9 Å². The highest BCUT2D eigenvalue weighted by molar-refractivity contribution is 7.88. The molecule has 0 spiro atoms. The zero-order valence-electron chi connectivity index (χ0n) is 17.8. The lowest BCUT2D eigenvalue weighted by Gasteiger charge is -2.41. The fourth-order valence-corrected chi connectivity index (χ4v) is 4.65. The predicted octanol–water partition coefficient (Wildman–Crippen LogP) is -0.273. The van der Waals surface area contributed by atoms with Crippen LogP contribution in [0.5, 0.6) is 0 Å². The topological polar surface area (TPSA) is 136 Å². The summed E-state index contributed by atoms with van der Waals surface area (Å²) >= 11 is 0. The number of nitrogens with zero attached hydrogens (tertiary/aromatic N) is 2. The Morgan fingerprint density at radius 1 is 1.16 bits per heavy atom. The smallest absolute Gasteiger partial charge is 0.324 e. The number of amides is 1. The summed E-state index contributed by atoms with van der Waals surface area (Å²) in [6, 6.07) is -2.17. The number of ether oxygens (including phenoxy) is 1. The summed E-state index contributed by atoms with van der Waals surface area (Å²) in [7, 11) is -3.72. The van der Waals surface area contributed by atoms with Gasteiger partial charge in [0.15, 0.2) is 11.6 Å². The summed E-state index contributed by atoms with van der Waals surface area (Å²) in [5.41, 5.74) is 11.7. The first-order valence-electron chi connectivity index (χ1n) is 9.90. The third-order valence-corrected chi connectivity index (χ3v) is 6.43. The highest BCUT2D eigenvalue weighted by atomic mass is 32.2.